The van der Waals surface area contributed by atoms with Crippen molar-refractivity contribution in [3.8, 4) is 5.75 Å². The van der Waals surface area contributed by atoms with Crippen LogP contribution in [0.15, 0.2) is 23.8 Å². The van der Waals surface area contributed by atoms with Gasteiger partial charge in [-0.1, -0.05) is 23.8 Å². The Morgan fingerprint density at radius 2 is 2.08 bits per heavy atom. The molecule has 0 saturated heterocycles. The van der Waals surface area contributed by atoms with E-state index < -0.39 is 0 Å². The Balaban J connectivity index is 3.17. The summed E-state index contributed by atoms with van der Waals surface area (Å²) >= 11 is 0. The maximum absolute atomic E-state index is 9.26. The molecule has 3 N–H and O–H groups in total. The SMILES string of the molecule is CC(C)=Cc1cccc(O)c1N. The van der Waals surface area contributed by atoms with Crippen LogP contribution in [-0.2, 0) is 0 Å². The Hall–Kier alpha value is -1.44. The van der Waals surface area contributed by atoms with Gasteiger partial charge in [0, 0.05) is 5.56 Å². The van der Waals surface area contributed by atoms with Crippen molar-refractivity contribution < 1.29 is 5.11 Å². The van der Waals surface area contributed by atoms with Crippen LogP contribution >= 0.6 is 0 Å². The third-order valence-corrected chi connectivity index (χ3v) is 1.56. The van der Waals surface area contributed by atoms with Crippen LogP contribution in [0, 0.1) is 0 Å². The molecule has 0 atom stereocenters. The van der Waals surface area contributed by atoms with Crippen molar-refractivity contribution in [1.82, 2.24) is 0 Å². The average molecular weight is 163 g/mol. The molecule has 0 aliphatic carbocycles. The van der Waals surface area contributed by atoms with Crippen molar-refractivity contribution in [2.45, 2.75) is 13.8 Å². The number of nitrogens with two attached hydrogens (primary N) is 1. The molecule has 1 aromatic carbocycles. The number of benzene rings is 1. The zero-order valence-corrected chi connectivity index (χ0v) is 7.33. The van der Waals surface area contributed by atoms with Gasteiger partial charge in [0.2, 0.25) is 0 Å². The van der Waals surface area contributed by atoms with Gasteiger partial charge < -0.3 is 10.8 Å². The minimum absolute atomic E-state index is 0.144. The van der Waals surface area contributed by atoms with Crippen LogP contribution in [0.4, 0.5) is 5.69 Å². The summed E-state index contributed by atoms with van der Waals surface area (Å²) in [5.74, 6) is 0.144. The summed E-state index contributed by atoms with van der Waals surface area (Å²) in [5, 5.41) is 9.26. The molecule has 0 fully saturated rings. The summed E-state index contributed by atoms with van der Waals surface area (Å²) in [6.45, 7) is 3.98. The number of para-hydroxylation sites is 1. The van der Waals surface area contributed by atoms with Gasteiger partial charge in [0.1, 0.15) is 5.75 Å². The van der Waals surface area contributed by atoms with Gasteiger partial charge in [-0.15, -0.1) is 0 Å². The van der Waals surface area contributed by atoms with Crippen LogP contribution in [0.3, 0.4) is 0 Å². The Kier molecular flexibility index (Phi) is 2.38. The van der Waals surface area contributed by atoms with Gasteiger partial charge in [0.25, 0.3) is 0 Å². The van der Waals surface area contributed by atoms with Crippen LogP contribution in [0.5, 0.6) is 5.75 Å². The lowest BCUT2D eigenvalue weighted by Crippen LogP contribution is -1.89. The van der Waals surface area contributed by atoms with Crippen LogP contribution in [0.2, 0.25) is 0 Å². The number of hydrogen-bond acceptors (Lipinski definition) is 2. The maximum atomic E-state index is 9.26. The van der Waals surface area contributed by atoms with Crippen molar-refractivity contribution >= 4 is 11.8 Å². The van der Waals surface area contributed by atoms with Gasteiger partial charge in [-0.25, -0.2) is 0 Å². The predicted molar refractivity (Wildman–Crippen MR) is 51.8 cm³/mol. The fourth-order valence-electron chi connectivity index (χ4n) is 1.01. The number of rotatable bonds is 1. The highest BCUT2D eigenvalue weighted by Crippen LogP contribution is 2.24. The maximum Gasteiger partial charge on any atom is 0.139 e. The van der Waals surface area contributed by atoms with E-state index in [1.807, 2.05) is 26.0 Å². The first-order valence-corrected chi connectivity index (χ1v) is 3.83. The van der Waals surface area contributed by atoms with Gasteiger partial charge >= 0.3 is 0 Å². The van der Waals surface area contributed by atoms with E-state index in [-0.39, 0.29) is 5.75 Å². The minimum atomic E-state index is 0.144. The Morgan fingerprint density at radius 1 is 1.42 bits per heavy atom. The second-order valence-electron chi connectivity index (χ2n) is 3.00. The van der Waals surface area contributed by atoms with Crippen molar-refractivity contribution in [2.75, 3.05) is 5.73 Å². The summed E-state index contributed by atoms with van der Waals surface area (Å²) in [4.78, 5) is 0. The topological polar surface area (TPSA) is 46.2 Å². The van der Waals surface area contributed by atoms with E-state index in [1.165, 1.54) is 0 Å². The molecule has 1 aromatic rings. The average Bonchev–Trinajstić information content (AvgIpc) is 1.98. The van der Waals surface area contributed by atoms with E-state index in [9.17, 15) is 5.11 Å². The fraction of sp³-hybridized carbons (Fsp3) is 0.200. The fourth-order valence-corrected chi connectivity index (χ4v) is 1.01. The molecule has 12 heavy (non-hydrogen) atoms. The van der Waals surface area contributed by atoms with E-state index >= 15 is 0 Å². The number of phenols is 1. The van der Waals surface area contributed by atoms with Crippen LogP contribution in [-0.4, -0.2) is 5.11 Å². The van der Waals surface area contributed by atoms with E-state index in [4.69, 9.17) is 5.73 Å². The zero-order chi connectivity index (χ0) is 9.14. The normalized spacial score (nSPS) is 9.50. The first-order chi connectivity index (χ1) is 5.61. The smallest absolute Gasteiger partial charge is 0.139 e. The predicted octanol–water partition coefficient (Wildman–Crippen LogP) is 2.40. The second-order valence-corrected chi connectivity index (χ2v) is 3.00. The molecular weight excluding hydrogens is 150 g/mol. The molecule has 0 aliphatic rings. The molecule has 0 saturated carbocycles. The molecular formula is C10H13NO. The molecule has 0 amide bonds. The van der Waals surface area contributed by atoms with Gasteiger partial charge in [0.15, 0.2) is 0 Å². The number of hydrogen-bond donors (Lipinski definition) is 2. The molecule has 0 radical (unpaired) electrons. The Morgan fingerprint density at radius 3 is 2.67 bits per heavy atom. The monoisotopic (exact) mass is 163 g/mol. The van der Waals surface area contributed by atoms with Crippen LogP contribution in [0.25, 0.3) is 6.08 Å². The summed E-state index contributed by atoms with van der Waals surface area (Å²) in [7, 11) is 0. The standard InChI is InChI=1S/C10H13NO/c1-7(2)6-8-4-3-5-9(12)10(8)11/h3-6,12H,11H2,1-2H3. The first-order valence-electron chi connectivity index (χ1n) is 3.83. The number of anilines is 1. The van der Waals surface area contributed by atoms with Crippen molar-refractivity contribution in [2.24, 2.45) is 0 Å². The zero-order valence-electron chi connectivity index (χ0n) is 7.33. The van der Waals surface area contributed by atoms with Gasteiger partial charge in [-0.2, -0.15) is 0 Å². The molecule has 2 heteroatoms. The van der Waals surface area contributed by atoms with Crippen molar-refractivity contribution in [3.05, 3.63) is 29.3 Å². The lowest BCUT2D eigenvalue weighted by Gasteiger charge is -2.02. The van der Waals surface area contributed by atoms with Gasteiger partial charge in [0.05, 0.1) is 5.69 Å². The third-order valence-electron chi connectivity index (χ3n) is 1.56. The molecule has 0 spiro atoms. The summed E-state index contributed by atoms with van der Waals surface area (Å²) in [6.07, 6.45) is 1.94. The number of phenolic OH excluding ortho intramolecular Hbond substituents is 1. The van der Waals surface area contributed by atoms with E-state index in [0.29, 0.717) is 5.69 Å². The lowest BCUT2D eigenvalue weighted by molar-refractivity contribution is 0.478. The molecule has 0 aromatic heterocycles. The number of aromatic hydroxyl groups is 1. The van der Waals surface area contributed by atoms with Crippen molar-refractivity contribution in [1.29, 1.82) is 0 Å². The van der Waals surface area contributed by atoms with Crippen LogP contribution < -0.4 is 5.73 Å². The van der Waals surface area contributed by atoms with Gasteiger partial charge in [-0.05, 0) is 19.9 Å². The highest BCUT2D eigenvalue weighted by Gasteiger charge is 1.99. The van der Waals surface area contributed by atoms with E-state index in [0.717, 1.165) is 11.1 Å². The highest BCUT2D eigenvalue weighted by atomic mass is 16.3. The Bertz CT molecular complexity index is 312. The molecule has 2 nitrogen and oxygen atoms in total. The lowest BCUT2D eigenvalue weighted by atomic mass is 10.1. The third kappa shape index (κ3) is 1.78. The number of allylic oxidation sites excluding steroid dienone is 1. The highest BCUT2D eigenvalue weighted by molar-refractivity contribution is 5.70. The molecule has 1 rings (SSSR count). The minimum Gasteiger partial charge on any atom is -0.506 e. The largest absolute Gasteiger partial charge is 0.506 e. The molecule has 0 unspecified atom stereocenters. The van der Waals surface area contributed by atoms with Crippen LogP contribution in [0.1, 0.15) is 19.4 Å². The molecule has 0 aliphatic heterocycles. The van der Waals surface area contributed by atoms with E-state index in [1.54, 1.807) is 12.1 Å². The quantitative estimate of drug-likeness (QED) is 0.493. The summed E-state index contributed by atoms with van der Waals surface area (Å²) < 4.78 is 0. The first kappa shape index (κ1) is 8.65. The second kappa shape index (κ2) is 3.30. The van der Waals surface area contributed by atoms with Crippen molar-refractivity contribution in [3.63, 3.8) is 0 Å². The molecule has 0 bridgehead atoms. The number of nitrogen functional groups attached to an aromatic ring is 1. The molecule has 64 valence electrons. The van der Waals surface area contributed by atoms with Gasteiger partial charge in [-0.3, -0.25) is 0 Å². The Labute approximate surface area is 72.3 Å². The summed E-state index contributed by atoms with van der Waals surface area (Å²) in [5.41, 5.74) is 8.11. The van der Waals surface area contributed by atoms with E-state index in [2.05, 4.69) is 0 Å². The molecule has 0 heterocycles. The summed E-state index contributed by atoms with van der Waals surface area (Å²) in [6, 6.07) is 5.24.